The van der Waals surface area contributed by atoms with Crippen LogP contribution in [0.1, 0.15) is 18.4 Å². The van der Waals surface area contributed by atoms with E-state index in [0.29, 0.717) is 11.9 Å². The molecule has 0 spiro atoms. The second kappa shape index (κ2) is 8.17. The van der Waals surface area contributed by atoms with Gasteiger partial charge in [0.25, 0.3) is 0 Å². The molecule has 1 fully saturated rings. The van der Waals surface area contributed by atoms with Crippen molar-refractivity contribution < 1.29 is 14.6 Å². The number of likely N-dealkylation sites (tertiary alicyclic amines) is 1. The van der Waals surface area contributed by atoms with E-state index in [9.17, 15) is 4.79 Å². The Morgan fingerprint density at radius 1 is 1.40 bits per heavy atom. The molecule has 1 aromatic carbocycles. The predicted octanol–water partition coefficient (Wildman–Crippen LogP) is 2.51. The third kappa shape index (κ3) is 4.72. The van der Waals surface area contributed by atoms with Gasteiger partial charge in [-0.1, -0.05) is 30.3 Å². The smallest absolute Gasteiger partial charge is 0.410 e. The van der Waals surface area contributed by atoms with Crippen LogP contribution in [0.2, 0.25) is 0 Å². The van der Waals surface area contributed by atoms with E-state index in [1.165, 1.54) is 0 Å². The maximum absolute atomic E-state index is 12.0. The number of carbonyl (C=O) groups is 1. The van der Waals surface area contributed by atoms with Crippen molar-refractivity contribution in [2.24, 2.45) is 0 Å². The second-order valence-electron chi connectivity index (χ2n) is 4.84. The van der Waals surface area contributed by atoms with Crippen molar-refractivity contribution in [2.75, 3.05) is 25.4 Å². The van der Waals surface area contributed by atoms with Gasteiger partial charge in [-0.2, -0.15) is 11.8 Å². The minimum Gasteiger partial charge on any atom is -0.445 e. The number of piperidine rings is 1. The van der Waals surface area contributed by atoms with Crippen LogP contribution in [0.5, 0.6) is 0 Å². The van der Waals surface area contributed by atoms with E-state index in [1.807, 2.05) is 30.3 Å². The van der Waals surface area contributed by atoms with Crippen LogP contribution in [-0.4, -0.2) is 46.8 Å². The molecule has 0 saturated carbocycles. The van der Waals surface area contributed by atoms with Crippen LogP contribution >= 0.6 is 11.8 Å². The van der Waals surface area contributed by atoms with Crippen LogP contribution in [0.3, 0.4) is 0 Å². The van der Waals surface area contributed by atoms with Crippen LogP contribution < -0.4 is 0 Å². The van der Waals surface area contributed by atoms with Gasteiger partial charge in [0.05, 0.1) is 6.61 Å². The summed E-state index contributed by atoms with van der Waals surface area (Å²) >= 11 is 1.73. The number of ether oxygens (including phenoxy) is 1. The molecule has 0 bridgehead atoms. The summed E-state index contributed by atoms with van der Waals surface area (Å²) in [5.74, 6) is 0.734. The molecule has 1 saturated heterocycles. The zero-order valence-corrected chi connectivity index (χ0v) is 12.3. The fraction of sp³-hybridized carbons (Fsp3) is 0.533. The van der Waals surface area contributed by atoms with E-state index in [4.69, 9.17) is 9.84 Å². The number of benzene rings is 1. The number of hydrogen-bond acceptors (Lipinski definition) is 4. The number of aliphatic hydroxyl groups excluding tert-OH is 1. The van der Waals surface area contributed by atoms with Gasteiger partial charge in [-0.15, -0.1) is 0 Å². The van der Waals surface area contributed by atoms with E-state index < -0.39 is 0 Å². The van der Waals surface area contributed by atoms with Crippen LogP contribution in [0.15, 0.2) is 30.3 Å². The molecule has 0 radical (unpaired) electrons. The molecular weight excluding hydrogens is 274 g/mol. The van der Waals surface area contributed by atoms with Gasteiger partial charge in [-0.05, 0) is 18.4 Å². The molecular formula is C15H21NO3S. The molecule has 2 rings (SSSR count). The van der Waals surface area contributed by atoms with Crippen molar-refractivity contribution in [3.63, 3.8) is 0 Å². The van der Waals surface area contributed by atoms with Gasteiger partial charge in [-0.25, -0.2) is 4.79 Å². The van der Waals surface area contributed by atoms with Crippen LogP contribution in [-0.2, 0) is 11.3 Å². The highest BCUT2D eigenvalue weighted by Crippen LogP contribution is 2.22. The van der Waals surface area contributed by atoms with Crippen LogP contribution in [0.25, 0.3) is 0 Å². The Morgan fingerprint density at radius 2 is 2.20 bits per heavy atom. The maximum atomic E-state index is 12.0. The monoisotopic (exact) mass is 295 g/mol. The van der Waals surface area contributed by atoms with Gasteiger partial charge >= 0.3 is 6.09 Å². The Morgan fingerprint density at radius 3 is 2.95 bits per heavy atom. The second-order valence-corrected chi connectivity index (χ2v) is 6.25. The summed E-state index contributed by atoms with van der Waals surface area (Å²) < 4.78 is 5.35. The molecule has 110 valence electrons. The standard InChI is InChI=1S/C15H21NO3S/c17-9-10-20-14-7-4-8-16(11-14)15(18)19-12-13-5-2-1-3-6-13/h1-3,5-6,14,17H,4,7-12H2/t14-/m0/s1. The lowest BCUT2D eigenvalue weighted by Crippen LogP contribution is -2.41. The Labute approximate surface area is 124 Å². The minimum atomic E-state index is -0.233. The first-order valence-corrected chi connectivity index (χ1v) is 8.02. The van der Waals surface area contributed by atoms with Crippen molar-refractivity contribution in [1.29, 1.82) is 0 Å². The minimum absolute atomic E-state index is 0.194. The topological polar surface area (TPSA) is 49.8 Å². The van der Waals surface area contributed by atoms with Gasteiger partial charge in [0.1, 0.15) is 6.61 Å². The molecule has 5 heteroatoms. The highest BCUT2D eigenvalue weighted by Gasteiger charge is 2.24. The molecule has 1 aliphatic rings. The fourth-order valence-electron chi connectivity index (χ4n) is 2.27. The molecule has 1 heterocycles. The third-order valence-electron chi connectivity index (χ3n) is 3.29. The number of carbonyl (C=O) groups excluding carboxylic acids is 1. The number of nitrogens with zero attached hydrogens (tertiary/aromatic N) is 1. The summed E-state index contributed by atoms with van der Waals surface area (Å²) in [6.07, 6.45) is 1.87. The molecule has 1 aromatic rings. The summed E-state index contributed by atoms with van der Waals surface area (Å²) in [7, 11) is 0. The van der Waals surface area contributed by atoms with Crippen molar-refractivity contribution in [3.05, 3.63) is 35.9 Å². The average molecular weight is 295 g/mol. The van der Waals surface area contributed by atoms with Crippen LogP contribution in [0, 0.1) is 0 Å². The number of hydrogen-bond donors (Lipinski definition) is 1. The lowest BCUT2D eigenvalue weighted by atomic mass is 10.1. The normalized spacial score (nSPS) is 18.9. The average Bonchev–Trinajstić information content (AvgIpc) is 2.52. The number of aliphatic hydroxyl groups is 1. The Hall–Kier alpha value is -1.20. The molecule has 1 amide bonds. The number of amides is 1. The molecule has 0 aromatic heterocycles. The fourth-order valence-corrected chi connectivity index (χ4v) is 3.33. The maximum Gasteiger partial charge on any atom is 0.410 e. The highest BCUT2D eigenvalue weighted by atomic mass is 32.2. The summed E-state index contributed by atoms with van der Waals surface area (Å²) in [5, 5.41) is 9.27. The van der Waals surface area contributed by atoms with E-state index in [-0.39, 0.29) is 12.7 Å². The van der Waals surface area contributed by atoms with Gasteiger partial charge in [0.2, 0.25) is 0 Å². The van der Waals surface area contributed by atoms with Crippen molar-refractivity contribution in [2.45, 2.75) is 24.7 Å². The van der Waals surface area contributed by atoms with Crippen LogP contribution in [0.4, 0.5) is 4.79 Å². The first-order chi connectivity index (χ1) is 9.79. The van der Waals surface area contributed by atoms with Gasteiger partial charge in [0.15, 0.2) is 0 Å². The SMILES string of the molecule is O=C(OCc1ccccc1)N1CCC[C@H](SCCO)C1. The molecule has 4 nitrogen and oxygen atoms in total. The van der Waals surface area contributed by atoms with Crippen molar-refractivity contribution in [3.8, 4) is 0 Å². The number of thioether (sulfide) groups is 1. The molecule has 1 atom stereocenters. The van der Waals surface area contributed by atoms with Gasteiger partial charge < -0.3 is 14.7 Å². The molecule has 20 heavy (non-hydrogen) atoms. The van der Waals surface area contributed by atoms with E-state index in [0.717, 1.165) is 37.2 Å². The largest absolute Gasteiger partial charge is 0.445 e. The van der Waals surface area contributed by atoms with E-state index in [1.54, 1.807) is 16.7 Å². The zero-order valence-electron chi connectivity index (χ0n) is 11.5. The Balaban J connectivity index is 1.77. The summed E-state index contributed by atoms with van der Waals surface area (Å²) in [4.78, 5) is 13.8. The van der Waals surface area contributed by atoms with E-state index in [2.05, 4.69) is 0 Å². The number of rotatable bonds is 5. The molecule has 0 unspecified atom stereocenters. The Bertz CT molecular complexity index is 413. The van der Waals surface area contributed by atoms with Gasteiger partial charge in [-0.3, -0.25) is 0 Å². The summed E-state index contributed by atoms with van der Waals surface area (Å²) in [6.45, 7) is 2.01. The van der Waals surface area contributed by atoms with Crippen molar-refractivity contribution in [1.82, 2.24) is 4.90 Å². The predicted molar refractivity (Wildman–Crippen MR) is 80.8 cm³/mol. The quantitative estimate of drug-likeness (QED) is 0.907. The van der Waals surface area contributed by atoms with Gasteiger partial charge in [0, 0.05) is 24.1 Å². The van der Waals surface area contributed by atoms with Crippen molar-refractivity contribution >= 4 is 17.9 Å². The highest BCUT2D eigenvalue weighted by molar-refractivity contribution is 7.99. The van der Waals surface area contributed by atoms with E-state index >= 15 is 0 Å². The first-order valence-electron chi connectivity index (χ1n) is 6.97. The lowest BCUT2D eigenvalue weighted by Gasteiger charge is -2.31. The lowest BCUT2D eigenvalue weighted by molar-refractivity contribution is 0.0903. The third-order valence-corrected chi connectivity index (χ3v) is 4.56. The molecule has 0 aliphatic carbocycles. The molecule has 1 aliphatic heterocycles. The first kappa shape index (κ1) is 15.2. The summed E-state index contributed by atoms with van der Waals surface area (Å²) in [6, 6.07) is 9.71. The Kier molecular flexibility index (Phi) is 6.21. The molecule has 1 N–H and O–H groups in total. The zero-order chi connectivity index (χ0) is 14.2. The summed E-state index contributed by atoms with van der Waals surface area (Å²) in [5.41, 5.74) is 1.00.